The molecule has 0 aliphatic rings. The monoisotopic (exact) mass is 247 g/mol. The van der Waals surface area contributed by atoms with E-state index in [1.807, 2.05) is 0 Å². The molecule has 0 fully saturated rings. The molecule has 2 rings (SSSR count). The minimum Gasteiger partial charge on any atom is -0.330 e. The van der Waals surface area contributed by atoms with Gasteiger partial charge in [0.05, 0.1) is 0 Å². The van der Waals surface area contributed by atoms with Gasteiger partial charge in [-0.1, -0.05) is 12.1 Å². The Labute approximate surface area is 104 Å². The molecule has 3 N–H and O–H groups in total. The van der Waals surface area contributed by atoms with Crippen LogP contribution in [-0.2, 0) is 6.42 Å². The molecule has 1 heterocycles. The lowest BCUT2D eigenvalue weighted by Gasteiger charge is -2.05. The number of aromatic amines is 1. The number of benzene rings is 1. The fraction of sp³-hybridized carbons (Fsp3) is 0.231. The number of rotatable bonds is 3. The van der Waals surface area contributed by atoms with Gasteiger partial charge in [0.25, 0.3) is 5.56 Å². The number of hydrogen-bond acceptors (Lipinski definition) is 3. The Bertz CT molecular complexity index is 622. The highest BCUT2D eigenvalue weighted by molar-refractivity contribution is 5.55. The van der Waals surface area contributed by atoms with Crippen LogP contribution in [0.15, 0.2) is 29.1 Å². The van der Waals surface area contributed by atoms with Gasteiger partial charge in [0.15, 0.2) is 0 Å². The molecule has 0 saturated carbocycles. The van der Waals surface area contributed by atoms with Crippen molar-refractivity contribution >= 4 is 0 Å². The fourth-order valence-electron chi connectivity index (χ4n) is 1.66. The van der Waals surface area contributed by atoms with Gasteiger partial charge in [-0.3, -0.25) is 4.79 Å². The third kappa shape index (κ3) is 2.62. The minimum absolute atomic E-state index is 0.260. The summed E-state index contributed by atoms with van der Waals surface area (Å²) in [5.74, 6) is 0.0456. The van der Waals surface area contributed by atoms with Gasteiger partial charge < -0.3 is 10.7 Å². The lowest BCUT2D eigenvalue weighted by atomic mass is 10.1. The number of nitrogens with two attached hydrogens (primary N) is 1. The van der Waals surface area contributed by atoms with Gasteiger partial charge in [0, 0.05) is 23.7 Å². The quantitative estimate of drug-likeness (QED) is 0.860. The van der Waals surface area contributed by atoms with Crippen LogP contribution in [0.5, 0.6) is 0 Å². The van der Waals surface area contributed by atoms with E-state index in [1.54, 1.807) is 19.1 Å². The SMILES string of the molecule is Cc1ccc(-c2nc(CCN)cc(=O)[nH]2)cc1F. The van der Waals surface area contributed by atoms with E-state index in [1.165, 1.54) is 12.1 Å². The summed E-state index contributed by atoms with van der Waals surface area (Å²) in [5.41, 5.74) is 6.88. The lowest BCUT2D eigenvalue weighted by molar-refractivity contribution is 0.619. The van der Waals surface area contributed by atoms with Crippen LogP contribution in [0.4, 0.5) is 4.39 Å². The molecule has 0 amide bonds. The number of H-pyrrole nitrogens is 1. The summed E-state index contributed by atoms with van der Waals surface area (Å²) in [6, 6.07) is 6.14. The Balaban J connectivity index is 2.49. The Morgan fingerprint density at radius 3 is 2.83 bits per heavy atom. The lowest BCUT2D eigenvalue weighted by Crippen LogP contribution is -2.13. The summed E-state index contributed by atoms with van der Waals surface area (Å²) in [7, 11) is 0. The van der Waals surface area contributed by atoms with Gasteiger partial charge in [0.1, 0.15) is 11.6 Å². The molecule has 94 valence electrons. The van der Waals surface area contributed by atoms with E-state index in [9.17, 15) is 9.18 Å². The highest BCUT2D eigenvalue weighted by Crippen LogP contribution is 2.17. The summed E-state index contributed by atoms with van der Waals surface area (Å²) in [6.07, 6.45) is 0.519. The van der Waals surface area contributed by atoms with Crippen LogP contribution in [0.2, 0.25) is 0 Å². The van der Waals surface area contributed by atoms with Crippen molar-refractivity contribution in [2.75, 3.05) is 6.54 Å². The van der Waals surface area contributed by atoms with Crippen LogP contribution in [0.3, 0.4) is 0 Å². The van der Waals surface area contributed by atoms with Gasteiger partial charge in [0.2, 0.25) is 0 Å². The highest BCUT2D eigenvalue weighted by Gasteiger charge is 2.06. The van der Waals surface area contributed by atoms with Crippen molar-refractivity contribution in [2.45, 2.75) is 13.3 Å². The van der Waals surface area contributed by atoms with Gasteiger partial charge >= 0.3 is 0 Å². The molecule has 5 heteroatoms. The Morgan fingerprint density at radius 1 is 1.39 bits per heavy atom. The van der Waals surface area contributed by atoms with Crippen molar-refractivity contribution in [3.05, 3.63) is 51.7 Å². The molecule has 0 bridgehead atoms. The fourth-order valence-corrected chi connectivity index (χ4v) is 1.66. The van der Waals surface area contributed by atoms with Crippen molar-refractivity contribution in [2.24, 2.45) is 5.73 Å². The van der Waals surface area contributed by atoms with Crippen LogP contribution in [0.25, 0.3) is 11.4 Å². The van der Waals surface area contributed by atoms with Crippen molar-refractivity contribution in [3.8, 4) is 11.4 Å². The standard InChI is InChI=1S/C13H14FN3O/c1-8-2-3-9(6-11(8)14)13-16-10(4-5-15)7-12(18)17-13/h2-3,6-7H,4-5,15H2,1H3,(H,16,17,18). The van der Waals surface area contributed by atoms with Gasteiger partial charge in [-0.2, -0.15) is 0 Å². The summed E-state index contributed by atoms with van der Waals surface area (Å²) in [5, 5.41) is 0. The molecule has 0 atom stereocenters. The van der Waals surface area contributed by atoms with E-state index >= 15 is 0 Å². The molecular weight excluding hydrogens is 233 g/mol. The number of nitrogens with one attached hydrogen (secondary N) is 1. The van der Waals surface area contributed by atoms with Crippen molar-refractivity contribution < 1.29 is 4.39 Å². The minimum atomic E-state index is -0.320. The molecule has 2 aromatic rings. The number of hydrogen-bond donors (Lipinski definition) is 2. The van der Waals surface area contributed by atoms with E-state index in [0.29, 0.717) is 35.6 Å². The van der Waals surface area contributed by atoms with Crippen molar-refractivity contribution in [1.29, 1.82) is 0 Å². The first-order chi connectivity index (χ1) is 8.60. The maximum atomic E-state index is 13.5. The zero-order valence-electron chi connectivity index (χ0n) is 10.0. The molecule has 4 nitrogen and oxygen atoms in total. The average molecular weight is 247 g/mol. The second-order valence-electron chi connectivity index (χ2n) is 4.09. The third-order valence-corrected chi connectivity index (χ3v) is 2.64. The molecule has 1 aromatic carbocycles. The molecule has 0 aliphatic carbocycles. The number of halogens is 1. The zero-order chi connectivity index (χ0) is 13.1. The maximum absolute atomic E-state index is 13.5. The number of nitrogens with zero attached hydrogens (tertiary/aromatic N) is 1. The second kappa shape index (κ2) is 5.10. The molecule has 0 saturated heterocycles. The molecule has 0 unspecified atom stereocenters. The van der Waals surface area contributed by atoms with E-state index in [4.69, 9.17) is 5.73 Å². The summed E-state index contributed by atoms with van der Waals surface area (Å²) < 4.78 is 13.5. The largest absolute Gasteiger partial charge is 0.330 e. The Morgan fingerprint density at radius 2 is 2.17 bits per heavy atom. The predicted molar refractivity (Wildman–Crippen MR) is 67.7 cm³/mol. The van der Waals surface area contributed by atoms with Crippen molar-refractivity contribution in [3.63, 3.8) is 0 Å². The molecule has 0 spiro atoms. The highest BCUT2D eigenvalue weighted by atomic mass is 19.1. The first-order valence-electron chi connectivity index (χ1n) is 5.67. The molecule has 0 aliphatic heterocycles. The van der Waals surface area contributed by atoms with E-state index in [2.05, 4.69) is 9.97 Å². The van der Waals surface area contributed by atoms with E-state index in [0.717, 1.165) is 0 Å². The number of aryl methyl sites for hydroxylation is 1. The van der Waals surface area contributed by atoms with Crippen LogP contribution in [0, 0.1) is 12.7 Å². The normalized spacial score (nSPS) is 10.6. The first-order valence-corrected chi connectivity index (χ1v) is 5.67. The average Bonchev–Trinajstić information content (AvgIpc) is 2.32. The summed E-state index contributed by atoms with van der Waals surface area (Å²) >= 11 is 0. The first kappa shape index (κ1) is 12.4. The third-order valence-electron chi connectivity index (χ3n) is 2.64. The Hall–Kier alpha value is -2.01. The van der Waals surface area contributed by atoms with Gasteiger partial charge in [-0.25, -0.2) is 9.37 Å². The predicted octanol–water partition coefficient (Wildman–Crippen LogP) is 1.39. The van der Waals surface area contributed by atoms with Crippen LogP contribution in [0.1, 0.15) is 11.3 Å². The molecule has 18 heavy (non-hydrogen) atoms. The smallest absolute Gasteiger partial charge is 0.251 e. The molecule has 0 radical (unpaired) electrons. The van der Waals surface area contributed by atoms with Crippen LogP contribution < -0.4 is 11.3 Å². The molecule has 1 aromatic heterocycles. The zero-order valence-corrected chi connectivity index (χ0v) is 10.0. The second-order valence-corrected chi connectivity index (χ2v) is 4.09. The topological polar surface area (TPSA) is 71.8 Å². The van der Waals surface area contributed by atoms with E-state index < -0.39 is 0 Å². The van der Waals surface area contributed by atoms with Crippen LogP contribution in [-0.4, -0.2) is 16.5 Å². The maximum Gasteiger partial charge on any atom is 0.251 e. The van der Waals surface area contributed by atoms with Crippen LogP contribution >= 0.6 is 0 Å². The van der Waals surface area contributed by atoms with Crippen molar-refractivity contribution in [1.82, 2.24) is 9.97 Å². The molecular formula is C13H14FN3O. The number of aromatic nitrogens is 2. The van der Waals surface area contributed by atoms with Gasteiger partial charge in [-0.15, -0.1) is 0 Å². The van der Waals surface area contributed by atoms with Gasteiger partial charge in [-0.05, 0) is 25.1 Å². The summed E-state index contributed by atoms with van der Waals surface area (Å²) in [6.45, 7) is 2.10. The Kier molecular flexibility index (Phi) is 3.53. The van der Waals surface area contributed by atoms with E-state index in [-0.39, 0.29) is 11.4 Å². The summed E-state index contributed by atoms with van der Waals surface area (Å²) in [4.78, 5) is 18.3.